The van der Waals surface area contributed by atoms with Gasteiger partial charge in [0.1, 0.15) is 5.82 Å². The molecule has 4 heterocycles. The zero-order chi connectivity index (χ0) is 18.5. The fraction of sp³-hybridized carbons (Fsp3) is 0.800. The molecule has 3 saturated heterocycles. The van der Waals surface area contributed by atoms with Crippen LogP contribution in [-0.2, 0) is 4.74 Å². The maximum absolute atomic E-state index is 9.13. The molecular weight excluding hydrogens is 342 g/mol. The van der Waals surface area contributed by atoms with Crippen LogP contribution in [0.25, 0.3) is 0 Å². The topological polar surface area (TPSA) is 73.8 Å². The maximum atomic E-state index is 9.13. The number of hydrogen-bond acceptors (Lipinski definition) is 7. The standard InChI is InChI=1S/C20H33N5O2/c26-12-7-21-20-22-18(16-6-13-27-15-16)14-19(23-20)25-10-4-17(5-11-25)24-8-2-1-3-9-24/h14,16-17,26H,1-13,15H2,(H,21,22,23)/t16-/m0/s1. The van der Waals surface area contributed by atoms with E-state index in [0.29, 0.717) is 18.4 Å². The van der Waals surface area contributed by atoms with Crippen molar-refractivity contribution in [2.24, 2.45) is 0 Å². The molecule has 0 aliphatic carbocycles. The number of nitrogens with zero attached hydrogens (tertiary/aromatic N) is 4. The van der Waals surface area contributed by atoms with E-state index in [1.807, 2.05) is 0 Å². The zero-order valence-electron chi connectivity index (χ0n) is 16.3. The number of rotatable bonds is 6. The first kappa shape index (κ1) is 18.9. The Hall–Kier alpha value is -1.44. The van der Waals surface area contributed by atoms with Gasteiger partial charge in [0.15, 0.2) is 0 Å². The normalized spacial score (nSPS) is 25.1. The number of hydrogen-bond donors (Lipinski definition) is 2. The molecule has 3 aliphatic heterocycles. The van der Waals surface area contributed by atoms with Gasteiger partial charge in [-0.1, -0.05) is 6.42 Å². The number of aromatic nitrogens is 2. The van der Waals surface area contributed by atoms with Crippen molar-refractivity contribution < 1.29 is 9.84 Å². The molecule has 2 N–H and O–H groups in total. The number of likely N-dealkylation sites (tertiary alicyclic amines) is 1. The van der Waals surface area contributed by atoms with E-state index in [2.05, 4.69) is 26.2 Å². The second kappa shape index (κ2) is 9.17. The average molecular weight is 376 g/mol. The molecule has 27 heavy (non-hydrogen) atoms. The van der Waals surface area contributed by atoms with Gasteiger partial charge in [-0.25, -0.2) is 4.98 Å². The minimum absolute atomic E-state index is 0.0800. The SMILES string of the molecule is OCCNc1nc([C@H]2CCOC2)cc(N2CCC(N3CCCCC3)CC2)n1. The molecule has 0 aromatic carbocycles. The highest BCUT2D eigenvalue weighted by atomic mass is 16.5. The molecule has 0 radical (unpaired) electrons. The summed E-state index contributed by atoms with van der Waals surface area (Å²) < 4.78 is 5.56. The van der Waals surface area contributed by atoms with Crippen molar-refractivity contribution in [1.82, 2.24) is 14.9 Å². The van der Waals surface area contributed by atoms with E-state index in [9.17, 15) is 0 Å². The average Bonchev–Trinajstić information content (AvgIpc) is 3.28. The Morgan fingerprint density at radius 2 is 1.89 bits per heavy atom. The number of anilines is 2. The Balaban J connectivity index is 1.44. The van der Waals surface area contributed by atoms with E-state index >= 15 is 0 Å². The predicted molar refractivity (Wildman–Crippen MR) is 106 cm³/mol. The minimum atomic E-state index is 0.0800. The van der Waals surface area contributed by atoms with Crippen molar-refractivity contribution in [2.45, 2.75) is 50.5 Å². The lowest BCUT2D eigenvalue weighted by Gasteiger charge is -2.40. The third kappa shape index (κ3) is 4.70. The first-order chi connectivity index (χ1) is 13.3. The lowest BCUT2D eigenvalue weighted by Crippen LogP contribution is -2.47. The minimum Gasteiger partial charge on any atom is -0.395 e. The Labute approximate surface area is 162 Å². The van der Waals surface area contributed by atoms with Gasteiger partial charge in [-0.15, -0.1) is 0 Å². The molecule has 0 spiro atoms. The summed E-state index contributed by atoms with van der Waals surface area (Å²) in [6.07, 6.45) is 7.56. The van der Waals surface area contributed by atoms with Crippen molar-refractivity contribution in [2.75, 3.05) is 62.8 Å². The number of piperidine rings is 2. The van der Waals surface area contributed by atoms with Crippen molar-refractivity contribution in [1.29, 1.82) is 0 Å². The summed E-state index contributed by atoms with van der Waals surface area (Å²) in [5, 5.41) is 12.3. The third-order valence-corrected chi connectivity index (χ3v) is 6.17. The fourth-order valence-electron chi connectivity index (χ4n) is 4.58. The van der Waals surface area contributed by atoms with Crippen LogP contribution in [0.3, 0.4) is 0 Å². The monoisotopic (exact) mass is 375 g/mol. The third-order valence-electron chi connectivity index (χ3n) is 6.17. The molecule has 7 heteroatoms. The molecular formula is C20H33N5O2. The van der Waals surface area contributed by atoms with Crippen molar-refractivity contribution in [3.63, 3.8) is 0 Å². The highest BCUT2D eigenvalue weighted by molar-refractivity contribution is 5.46. The number of aliphatic hydroxyl groups excluding tert-OH is 1. The van der Waals surface area contributed by atoms with Crippen LogP contribution in [0.1, 0.15) is 50.1 Å². The molecule has 4 rings (SSSR count). The Morgan fingerprint density at radius 1 is 1.07 bits per heavy atom. The lowest BCUT2D eigenvalue weighted by molar-refractivity contribution is 0.141. The largest absolute Gasteiger partial charge is 0.395 e. The van der Waals surface area contributed by atoms with Crippen LogP contribution in [0.15, 0.2) is 6.07 Å². The lowest BCUT2D eigenvalue weighted by atomic mass is 9.99. The van der Waals surface area contributed by atoms with Crippen LogP contribution < -0.4 is 10.2 Å². The molecule has 0 bridgehead atoms. The number of ether oxygens (including phenoxy) is 1. The summed E-state index contributed by atoms with van der Waals surface area (Å²) in [5.41, 5.74) is 1.07. The molecule has 3 fully saturated rings. The molecule has 3 aliphatic rings. The Bertz CT molecular complexity index is 594. The molecule has 0 amide bonds. The molecule has 1 aromatic heterocycles. The van der Waals surface area contributed by atoms with Crippen LogP contribution in [-0.4, -0.2) is 78.6 Å². The van der Waals surface area contributed by atoms with Gasteiger partial charge < -0.3 is 25.0 Å². The van der Waals surface area contributed by atoms with Gasteiger partial charge in [0, 0.05) is 44.3 Å². The summed E-state index contributed by atoms with van der Waals surface area (Å²) in [7, 11) is 0. The highest BCUT2D eigenvalue weighted by Crippen LogP contribution is 2.29. The van der Waals surface area contributed by atoms with E-state index in [0.717, 1.165) is 50.3 Å². The van der Waals surface area contributed by atoms with Gasteiger partial charge in [0.2, 0.25) is 5.95 Å². The van der Waals surface area contributed by atoms with Crippen LogP contribution in [0.5, 0.6) is 0 Å². The van der Waals surface area contributed by atoms with Gasteiger partial charge in [-0.2, -0.15) is 4.98 Å². The van der Waals surface area contributed by atoms with E-state index in [1.165, 1.54) is 45.2 Å². The molecule has 0 unspecified atom stereocenters. The molecule has 150 valence electrons. The first-order valence-corrected chi connectivity index (χ1v) is 10.6. The number of nitrogens with one attached hydrogen (secondary N) is 1. The number of aliphatic hydroxyl groups is 1. The highest BCUT2D eigenvalue weighted by Gasteiger charge is 2.27. The second-order valence-corrected chi connectivity index (χ2v) is 8.00. The Kier molecular flexibility index (Phi) is 6.42. The molecule has 0 saturated carbocycles. The van der Waals surface area contributed by atoms with E-state index in [1.54, 1.807) is 0 Å². The summed E-state index contributed by atoms with van der Waals surface area (Å²) in [6.45, 7) is 6.77. The van der Waals surface area contributed by atoms with Gasteiger partial charge in [0.25, 0.3) is 0 Å². The maximum Gasteiger partial charge on any atom is 0.224 e. The van der Waals surface area contributed by atoms with Gasteiger partial charge >= 0.3 is 0 Å². The summed E-state index contributed by atoms with van der Waals surface area (Å²) in [5.74, 6) is 2.00. The van der Waals surface area contributed by atoms with Gasteiger partial charge in [0.05, 0.1) is 18.9 Å². The summed E-state index contributed by atoms with van der Waals surface area (Å²) >= 11 is 0. The van der Waals surface area contributed by atoms with E-state index in [-0.39, 0.29) is 6.61 Å². The van der Waals surface area contributed by atoms with Gasteiger partial charge in [-0.3, -0.25) is 0 Å². The first-order valence-electron chi connectivity index (χ1n) is 10.6. The fourth-order valence-corrected chi connectivity index (χ4v) is 4.58. The van der Waals surface area contributed by atoms with Crippen LogP contribution in [0.2, 0.25) is 0 Å². The van der Waals surface area contributed by atoms with Crippen molar-refractivity contribution >= 4 is 11.8 Å². The molecule has 1 aromatic rings. The molecule has 1 atom stereocenters. The van der Waals surface area contributed by atoms with Crippen molar-refractivity contribution in [3.8, 4) is 0 Å². The predicted octanol–water partition coefficient (Wildman–Crippen LogP) is 1.84. The van der Waals surface area contributed by atoms with Gasteiger partial charge in [-0.05, 0) is 45.2 Å². The van der Waals surface area contributed by atoms with Crippen molar-refractivity contribution in [3.05, 3.63) is 11.8 Å². The quantitative estimate of drug-likeness (QED) is 0.786. The zero-order valence-corrected chi connectivity index (χ0v) is 16.3. The van der Waals surface area contributed by atoms with Crippen LogP contribution >= 0.6 is 0 Å². The van der Waals surface area contributed by atoms with E-state index in [4.69, 9.17) is 14.8 Å². The van der Waals surface area contributed by atoms with Crippen LogP contribution in [0, 0.1) is 0 Å². The summed E-state index contributed by atoms with van der Waals surface area (Å²) in [6, 6.07) is 2.89. The van der Waals surface area contributed by atoms with E-state index < -0.39 is 0 Å². The smallest absolute Gasteiger partial charge is 0.224 e. The second-order valence-electron chi connectivity index (χ2n) is 8.00. The Morgan fingerprint density at radius 3 is 2.59 bits per heavy atom. The van der Waals surface area contributed by atoms with Crippen LogP contribution in [0.4, 0.5) is 11.8 Å². The summed E-state index contributed by atoms with van der Waals surface area (Å²) in [4.78, 5) is 14.5. The molecule has 7 nitrogen and oxygen atoms in total.